The number of furan rings is 4. The van der Waals surface area contributed by atoms with Gasteiger partial charge in [-0.15, -0.1) is 0 Å². The maximum Gasteiger partial charge on any atom is 0.284 e. The monoisotopic (exact) mass is 988 g/mol. The molecule has 10 heterocycles. The van der Waals surface area contributed by atoms with Crippen molar-refractivity contribution in [1.82, 2.24) is 28.2 Å². The Kier molecular flexibility index (Phi) is 11.3. The molecule has 74 heavy (non-hydrogen) atoms. The molecule has 0 bridgehead atoms. The van der Waals surface area contributed by atoms with Crippen LogP contribution in [0.25, 0.3) is 101 Å². The van der Waals surface area contributed by atoms with Crippen LogP contribution in [-0.4, -0.2) is 55.2 Å². The maximum atomic E-state index is 6.30. The topological polar surface area (TPSA) is 135 Å². The Labute approximate surface area is 426 Å². The van der Waals surface area contributed by atoms with E-state index in [2.05, 4.69) is 114 Å². The van der Waals surface area contributed by atoms with Gasteiger partial charge >= 0.3 is 0 Å². The minimum Gasteiger partial charge on any atom is -0.468 e. The van der Waals surface area contributed by atoms with Crippen molar-refractivity contribution in [2.24, 2.45) is 0 Å². The molecule has 0 fully saturated rings. The molecule has 0 saturated carbocycles. The molecular formula is C60H56N6O8. The van der Waals surface area contributed by atoms with Crippen molar-refractivity contribution in [3.63, 3.8) is 0 Å². The lowest BCUT2D eigenvalue weighted by atomic mass is 10.0. The van der Waals surface area contributed by atoms with Crippen LogP contribution >= 0.6 is 0 Å². The van der Waals surface area contributed by atoms with Gasteiger partial charge in [-0.2, -0.15) is 0 Å². The average Bonchev–Trinajstić information content (AvgIpc) is 4.25. The summed E-state index contributed by atoms with van der Waals surface area (Å²) in [6.45, 7) is 20.6. The number of aromatic nitrogens is 6. The van der Waals surface area contributed by atoms with E-state index >= 15 is 0 Å². The summed E-state index contributed by atoms with van der Waals surface area (Å²) in [6, 6.07) is 28.3. The number of rotatable bonds is 15. The van der Waals surface area contributed by atoms with E-state index < -0.39 is 0 Å². The summed E-state index contributed by atoms with van der Waals surface area (Å²) < 4.78 is 57.1. The fourth-order valence-electron chi connectivity index (χ4n) is 10.9. The van der Waals surface area contributed by atoms with Gasteiger partial charge in [0.1, 0.15) is 29.7 Å². The smallest absolute Gasteiger partial charge is 0.284 e. The Bertz CT molecular complexity index is 4060. The summed E-state index contributed by atoms with van der Waals surface area (Å²) in [7, 11) is 1.60. The second-order valence-corrected chi connectivity index (χ2v) is 18.8. The number of ether oxygens (including phenoxy) is 4. The number of fused-ring (bicyclic) bond motifs is 6. The van der Waals surface area contributed by atoms with E-state index in [1.165, 1.54) is 0 Å². The summed E-state index contributed by atoms with van der Waals surface area (Å²) in [5.74, 6) is 4.35. The Morgan fingerprint density at radius 2 is 0.784 bits per heavy atom. The molecule has 0 unspecified atom stereocenters. The van der Waals surface area contributed by atoms with Gasteiger partial charge in [0.05, 0.1) is 82.2 Å². The molecule has 0 aliphatic carbocycles. The summed E-state index contributed by atoms with van der Waals surface area (Å²) in [4.78, 5) is 10.7. The Morgan fingerprint density at radius 1 is 0.432 bits per heavy atom. The second-order valence-electron chi connectivity index (χ2n) is 18.8. The second kappa shape index (κ2) is 18.1. The van der Waals surface area contributed by atoms with Crippen LogP contribution in [0.2, 0.25) is 0 Å². The van der Waals surface area contributed by atoms with Crippen LogP contribution in [-0.2, 0) is 6.67 Å². The van der Waals surface area contributed by atoms with Crippen molar-refractivity contribution < 1.29 is 36.6 Å². The number of nitrogens with zero attached hydrogens (tertiary/aromatic N) is 6. The van der Waals surface area contributed by atoms with Gasteiger partial charge in [0.25, 0.3) is 23.8 Å². The van der Waals surface area contributed by atoms with E-state index in [0.717, 1.165) is 111 Å². The van der Waals surface area contributed by atoms with Crippen molar-refractivity contribution in [2.45, 2.75) is 69.0 Å². The first-order valence-corrected chi connectivity index (χ1v) is 25.0. The molecule has 14 nitrogen and oxygen atoms in total. The molecule has 12 rings (SSSR count). The lowest BCUT2D eigenvalue weighted by Crippen LogP contribution is -2.10. The highest BCUT2D eigenvalue weighted by molar-refractivity contribution is 6.14. The molecular weight excluding hydrogens is 933 g/mol. The van der Waals surface area contributed by atoms with Crippen LogP contribution in [0.15, 0.2) is 127 Å². The molecule has 2 aromatic carbocycles. The van der Waals surface area contributed by atoms with Gasteiger partial charge in [0, 0.05) is 82.7 Å². The first kappa shape index (κ1) is 46.3. The minimum absolute atomic E-state index is 0.413. The van der Waals surface area contributed by atoms with Crippen molar-refractivity contribution in [3.05, 3.63) is 143 Å². The van der Waals surface area contributed by atoms with Crippen LogP contribution in [0.1, 0.15) is 54.4 Å². The third-order valence-corrected chi connectivity index (χ3v) is 13.8. The summed E-state index contributed by atoms with van der Waals surface area (Å²) in [5.41, 5.74) is 17.6. The fourth-order valence-corrected chi connectivity index (χ4v) is 10.9. The van der Waals surface area contributed by atoms with E-state index in [0.29, 0.717) is 73.3 Å². The number of hydrogen-bond donors (Lipinski definition) is 0. The molecule has 0 saturated heterocycles. The van der Waals surface area contributed by atoms with E-state index in [4.69, 9.17) is 46.6 Å². The first-order chi connectivity index (χ1) is 35.9. The molecule has 0 amide bonds. The minimum atomic E-state index is 0.413. The molecule has 0 spiro atoms. The molecule has 12 aromatic rings. The van der Waals surface area contributed by atoms with Gasteiger partial charge < -0.3 is 54.9 Å². The predicted octanol–water partition coefficient (Wildman–Crippen LogP) is 14.9. The molecule has 0 radical (unpaired) electrons. The van der Waals surface area contributed by atoms with Crippen molar-refractivity contribution in [2.75, 3.05) is 26.9 Å². The highest BCUT2D eigenvalue weighted by atomic mass is 16.6. The molecule has 14 heteroatoms. The largest absolute Gasteiger partial charge is 0.468 e. The average molecular weight is 989 g/mol. The number of benzene rings is 2. The van der Waals surface area contributed by atoms with Gasteiger partial charge in [-0.3, -0.25) is 9.97 Å². The zero-order valence-corrected chi connectivity index (χ0v) is 43.2. The Hall–Kier alpha value is -8.78. The number of hydrogen-bond acceptors (Lipinski definition) is 10. The van der Waals surface area contributed by atoms with Gasteiger partial charge in [-0.25, -0.2) is 0 Å². The standard InChI is InChI=1S/C60H56N6O8/c1-11-68-50-23-19-46(72-50)40-29-63(28-39(40)45-18-22-49(67-10)71-45)57-33(4)26-35(6)59-53(57)55-43(16-14-37(8)61-55)65(59)32-66-44-17-15-38(9)62-56(44)54-58(34(5)27-36(7)60(54)66)64-30-41(47-20-24-51(73-47)69-12-2)42(31-64)48-21-25-52(74-48)70-13-3/h14-31H,11-13,32H2,1-10H3. The van der Waals surface area contributed by atoms with Gasteiger partial charge in [-0.05, 0) is 133 Å². The Morgan fingerprint density at radius 3 is 1.12 bits per heavy atom. The van der Waals surface area contributed by atoms with E-state index in [-0.39, 0.29) is 0 Å². The van der Waals surface area contributed by atoms with Crippen LogP contribution in [0, 0.1) is 41.5 Å². The quantitative estimate of drug-likeness (QED) is 0.0977. The fraction of sp³-hybridized carbons (Fsp3) is 0.233. The van der Waals surface area contributed by atoms with Crippen LogP contribution in [0.3, 0.4) is 0 Å². The molecule has 0 atom stereocenters. The van der Waals surface area contributed by atoms with Gasteiger partial charge in [0.2, 0.25) is 0 Å². The number of pyridine rings is 2. The summed E-state index contributed by atoms with van der Waals surface area (Å²) >= 11 is 0. The predicted molar refractivity (Wildman–Crippen MR) is 288 cm³/mol. The van der Waals surface area contributed by atoms with Crippen molar-refractivity contribution in [1.29, 1.82) is 0 Å². The van der Waals surface area contributed by atoms with Crippen molar-refractivity contribution >= 4 is 43.9 Å². The van der Waals surface area contributed by atoms with Gasteiger partial charge in [-0.1, -0.05) is 12.1 Å². The van der Waals surface area contributed by atoms with E-state index in [1.807, 2.05) is 76.2 Å². The SMILES string of the molecule is CCOc1ccc(-c2cn(-c3c(C)cc(C)c4c3c3nc(C)ccc3n4Cn3c4ccc(C)nc4c4c(-n5cc(-c6ccc(OCC)o6)c(-c6ccc(OCC)o6)c5)c(C)cc(C)c43)cc2-c2ccc(OC)o2)o1. The summed E-state index contributed by atoms with van der Waals surface area (Å²) in [6.07, 6.45) is 8.43. The molecule has 10 aromatic heterocycles. The van der Waals surface area contributed by atoms with E-state index in [1.54, 1.807) is 7.11 Å². The maximum absolute atomic E-state index is 6.30. The lowest BCUT2D eigenvalue weighted by Gasteiger charge is -2.17. The molecule has 0 aliphatic rings. The van der Waals surface area contributed by atoms with Gasteiger partial charge in [0.15, 0.2) is 0 Å². The molecule has 374 valence electrons. The zero-order chi connectivity index (χ0) is 51.1. The molecule has 0 aliphatic heterocycles. The van der Waals surface area contributed by atoms with Crippen LogP contribution < -0.4 is 18.9 Å². The lowest BCUT2D eigenvalue weighted by molar-refractivity contribution is 0.259. The Balaban J connectivity index is 1.08. The third kappa shape index (κ3) is 7.54. The number of methoxy groups -OCH3 is 1. The zero-order valence-electron chi connectivity index (χ0n) is 43.2. The summed E-state index contributed by atoms with van der Waals surface area (Å²) in [5, 5.41) is 2.07. The van der Waals surface area contributed by atoms with Crippen molar-refractivity contribution in [3.8, 4) is 80.5 Å². The highest BCUT2D eigenvalue weighted by Crippen LogP contribution is 2.45. The highest BCUT2D eigenvalue weighted by Gasteiger charge is 2.28. The van der Waals surface area contributed by atoms with E-state index in [9.17, 15) is 0 Å². The van der Waals surface area contributed by atoms with Crippen LogP contribution in [0.4, 0.5) is 0 Å². The number of aryl methyl sites for hydroxylation is 6. The molecule has 0 N–H and O–H groups in total. The third-order valence-electron chi connectivity index (χ3n) is 13.8. The normalized spacial score (nSPS) is 11.9. The first-order valence-electron chi connectivity index (χ1n) is 25.0. The van der Waals surface area contributed by atoms with Crippen LogP contribution in [0.5, 0.6) is 23.8 Å².